The van der Waals surface area contributed by atoms with Gasteiger partial charge in [0.2, 0.25) is 0 Å². The summed E-state index contributed by atoms with van der Waals surface area (Å²) in [6.45, 7) is 0.213. The first-order valence-corrected chi connectivity index (χ1v) is 8.46. The van der Waals surface area contributed by atoms with Crippen molar-refractivity contribution in [2.45, 2.75) is 38.1 Å². The first-order chi connectivity index (χ1) is 10.6. The zero-order chi connectivity index (χ0) is 15.9. The molecule has 23 heavy (non-hydrogen) atoms. The highest BCUT2D eigenvalue weighted by Crippen LogP contribution is 2.26. The lowest BCUT2D eigenvalue weighted by atomic mass is 9.84. The van der Waals surface area contributed by atoms with Crippen LogP contribution in [0.3, 0.4) is 0 Å². The van der Waals surface area contributed by atoms with E-state index in [4.69, 9.17) is 10.5 Å². The number of carbonyl (C=O) groups is 1. The summed E-state index contributed by atoms with van der Waals surface area (Å²) in [7, 11) is 0. The molecule has 0 saturated heterocycles. The maximum Gasteiger partial charge on any atom is 0.258 e. The van der Waals surface area contributed by atoms with Gasteiger partial charge in [-0.1, -0.05) is 35.2 Å². The summed E-state index contributed by atoms with van der Waals surface area (Å²) < 4.78 is 19.5. The van der Waals surface area contributed by atoms with E-state index in [1.165, 1.54) is 31.4 Å². The maximum absolute atomic E-state index is 13.6. The zero-order valence-electron chi connectivity index (χ0n) is 12.9. The Kier molecular flexibility index (Phi) is 8.87. The Morgan fingerprint density at radius 3 is 2.70 bits per heavy atom. The van der Waals surface area contributed by atoms with Gasteiger partial charge in [-0.15, -0.1) is 12.4 Å². The molecule has 1 saturated carbocycles. The summed E-state index contributed by atoms with van der Waals surface area (Å²) in [5, 5.41) is 2.92. The van der Waals surface area contributed by atoms with E-state index in [1.54, 1.807) is 6.07 Å². The Bertz CT molecular complexity index is 513. The quantitative estimate of drug-likeness (QED) is 0.757. The highest BCUT2D eigenvalue weighted by molar-refractivity contribution is 9.10. The molecule has 1 aliphatic rings. The molecule has 1 aliphatic carbocycles. The summed E-state index contributed by atoms with van der Waals surface area (Å²) in [6.07, 6.45) is 5.84. The molecule has 1 atom stereocenters. The van der Waals surface area contributed by atoms with Gasteiger partial charge in [-0.05, 0) is 37.0 Å². The largest absolute Gasteiger partial charge is 0.481 e. The van der Waals surface area contributed by atoms with Gasteiger partial charge in [0.05, 0.1) is 0 Å². The lowest BCUT2D eigenvalue weighted by molar-refractivity contribution is -0.124. The highest BCUT2D eigenvalue weighted by Gasteiger charge is 2.24. The fraction of sp³-hybridized carbons (Fsp3) is 0.562. The van der Waals surface area contributed by atoms with Crippen molar-refractivity contribution in [1.29, 1.82) is 0 Å². The predicted molar refractivity (Wildman–Crippen MR) is 94.4 cm³/mol. The molecule has 7 heteroatoms. The molecule has 0 aliphatic heterocycles. The second kappa shape index (κ2) is 10.1. The maximum atomic E-state index is 13.6. The molecule has 2 rings (SSSR count). The average Bonchev–Trinajstić information content (AvgIpc) is 2.52. The molecule has 0 radical (unpaired) electrons. The van der Waals surface area contributed by atoms with Gasteiger partial charge in [0.15, 0.2) is 18.2 Å². The van der Waals surface area contributed by atoms with Crippen LogP contribution in [-0.4, -0.2) is 25.1 Å². The third kappa shape index (κ3) is 6.28. The van der Waals surface area contributed by atoms with Crippen molar-refractivity contribution in [3.63, 3.8) is 0 Å². The van der Waals surface area contributed by atoms with Crippen LogP contribution in [0.15, 0.2) is 22.7 Å². The second-order valence-electron chi connectivity index (χ2n) is 5.67. The number of rotatable bonds is 6. The Morgan fingerprint density at radius 2 is 2.09 bits per heavy atom. The lowest BCUT2D eigenvalue weighted by Gasteiger charge is -2.30. The first-order valence-electron chi connectivity index (χ1n) is 7.67. The van der Waals surface area contributed by atoms with Gasteiger partial charge in [0.25, 0.3) is 5.91 Å². The van der Waals surface area contributed by atoms with Crippen molar-refractivity contribution < 1.29 is 13.9 Å². The lowest BCUT2D eigenvalue weighted by Crippen LogP contribution is -2.47. The van der Waals surface area contributed by atoms with E-state index < -0.39 is 5.82 Å². The Hall–Kier alpha value is -0.850. The summed E-state index contributed by atoms with van der Waals surface area (Å²) in [5.41, 5.74) is 5.78. The summed E-state index contributed by atoms with van der Waals surface area (Å²) in [6, 6.07) is 4.44. The molecular weight excluding hydrogens is 387 g/mol. The standard InChI is InChI=1S/C16H22BrFN2O2.ClH/c17-12-6-7-15(13(18)8-12)22-10-16(21)20-14(9-19)11-4-2-1-3-5-11;/h6-8,11,14H,1-5,9-10,19H2,(H,20,21);1H. The molecule has 1 fully saturated rings. The number of halogens is 3. The molecule has 1 aromatic carbocycles. The Morgan fingerprint density at radius 1 is 1.39 bits per heavy atom. The van der Waals surface area contributed by atoms with Crippen LogP contribution in [0.2, 0.25) is 0 Å². The number of amides is 1. The zero-order valence-corrected chi connectivity index (χ0v) is 15.3. The van der Waals surface area contributed by atoms with Crippen LogP contribution < -0.4 is 15.8 Å². The van der Waals surface area contributed by atoms with Crippen molar-refractivity contribution in [3.8, 4) is 5.75 Å². The van der Waals surface area contributed by atoms with Gasteiger partial charge in [-0.2, -0.15) is 0 Å². The third-order valence-corrected chi connectivity index (χ3v) is 4.57. The van der Waals surface area contributed by atoms with Crippen LogP contribution in [0.1, 0.15) is 32.1 Å². The molecule has 4 nitrogen and oxygen atoms in total. The minimum atomic E-state index is -0.496. The molecule has 1 unspecified atom stereocenters. The van der Waals surface area contributed by atoms with E-state index in [-0.39, 0.29) is 36.7 Å². The van der Waals surface area contributed by atoms with Crippen LogP contribution in [0, 0.1) is 11.7 Å². The third-order valence-electron chi connectivity index (χ3n) is 4.07. The first kappa shape index (κ1) is 20.2. The van der Waals surface area contributed by atoms with Crippen LogP contribution in [0.5, 0.6) is 5.75 Å². The Labute approximate surface area is 150 Å². The van der Waals surface area contributed by atoms with Crippen molar-refractivity contribution in [2.75, 3.05) is 13.2 Å². The number of hydrogen-bond acceptors (Lipinski definition) is 3. The van der Waals surface area contributed by atoms with Crippen molar-refractivity contribution >= 4 is 34.2 Å². The SMILES string of the molecule is Cl.NCC(NC(=O)COc1ccc(Br)cc1F)C1CCCCC1. The number of carbonyl (C=O) groups excluding carboxylic acids is 1. The number of nitrogens with one attached hydrogen (secondary N) is 1. The van der Waals surface area contributed by atoms with Crippen LogP contribution in [0.25, 0.3) is 0 Å². The predicted octanol–water partition coefficient (Wildman–Crippen LogP) is 3.41. The molecule has 1 aromatic rings. The van der Waals surface area contributed by atoms with Crippen LogP contribution >= 0.6 is 28.3 Å². The van der Waals surface area contributed by atoms with Gasteiger partial charge >= 0.3 is 0 Å². The molecule has 130 valence electrons. The molecule has 0 aromatic heterocycles. The highest BCUT2D eigenvalue weighted by atomic mass is 79.9. The van der Waals surface area contributed by atoms with Gasteiger partial charge in [-0.3, -0.25) is 4.79 Å². The van der Waals surface area contributed by atoms with Crippen LogP contribution in [0.4, 0.5) is 4.39 Å². The number of benzene rings is 1. The van der Waals surface area contributed by atoms with E-state index in [9.17, 15) is 9.18 Å². The number of nitrogens with two attached hydrogens (primary N) is 1. The van der Waals surface area contributed by atoms with Crippen molar-refractivity contribution in [3.05, 3.63) is 28.5 Å². The van der Waals surface area contributed by atoms with Gasteiger partial charge in [0.1, 0.15) is 0 Å². The second-order valence-corrected chi connectivity index (χ2v) is 6.59. The van der Waals surface area contributed by atoms with E-state index in [0.29, 0.717) is 16.9 Å². The van der Waals surface area contributed by atoms with E-state index in [1.807, 2.05) is 0 Å². The topological polar surface area (TPSA) is 64.3 Å². The summed E-state index contributed by atoms with van der Waals surface area (Å²) >= 11 is 3.17. The van der Waals surface area contributed by atoms with E-state index >= 15 is 0 Å². The number of ether oxygens (including phenoxy) is 1. The summed E-state index contributed by atoms with van der Waals surface area (Å²) in [5.74, 6) is -0.249. The smallest absolute Gasteiger partial charge is 0.258 e. The molecule has 0 bridgehead atoms. The Balaban J connectivity index is 0.00000264. The van der Waals surface area contributed by atoms with Crippen molar-refractivity contribution in [2.24, 2.45) is 11.7 Å². The fourth-order valence-corrected chi connectivity index (χ4v) is 3.22. The molecule has 0 heterocycles. The normalized spacial score (nSPS) is 16.3. The minimum absolute atomic E-state index is 0. The van der Waals surface area contributed by atoms with E-state index in [0.717, 1.165) is 12.8 Å². The monoisotopic (exact) mass is 408 g/mol. The molecule has 1 amide bonds. The molecule has 3 N–H and O–H groups in total. The van der Waals surface area contributed by atoms with Crippen LogP contribution in [-0.2, 0) is 4.79 Å². The van der Waals surface area contributed by atoms with Gasteiger partial charge in [0, 0.05) is 17.1 Å². The molecular formula is C16H23BrClFN2O2. The van der Waals surface area contributed by atoms with Gasteiger partial charge in [-0.25, -0.2) is 4.39 Å². The fourth-order valence-electron chi connectivity index (χ4n) is 2.89. The van der Waals surface area contributed by atoms with Crippen molar-refractivity contribution in [1.82, 2.24) is 5.32 Å². The summed E-state index contributed by atoms with van der Waals surface area (Å²) in [4.78, 5) is 12.0. The number of hydrogen-bond donors (Lipinski definition) is 2. The minimum Gasteiger partial charge on any atom is -0.481 e. The molecule has 0 spiro atoms. The van der Waals surface area contributed by atoms with E-state index in [2.05, 4.69) is 21.2 Å². The van der Waals surface area contributed by atoms with Gasteiger partial charge < -0.3 is 15.8 Å². The average molecular weight is 410 g/mol.